The maximum absolute atomic E-state index is 5.16. The molecule has 0 spiro atoms. The Kier molecular flexibility index (Phi) is 7.42. The van der Waals surface area contributed by atoms with E-state index in [2.05, 4.69) is 173 Å². The second-order valence-electron chi connectivity index (χ2n) is 14.1. The second kappa shape index (κ2) is 13.0. The largest absolute Gasteiger partial charge is 0.309 e. The van der Waals surface area contributed by atoms with Gasteiger partial charge in [0.1, 0.15) is 0 Å². The van der Waals surface area contributed by atoms with Gasteiger partial charge in [-0.3, -0.25) is 0 Å². The summed E-state index contributed by atoms with van der Waals surface area (Å²) in [5.41, 5.74) is 11.8. The zero-order chi connectivity index (χ0) is 37.0. The van der Waals surface area contributed by atoms with Gasteiger partial charge in [-0.1, -0.05) is 146 Å². The van der Waals surface area contributed by atoms with E-state index in [-0.39, 0.29) is 0 Å². The average molecular weight is 716 g/mol. The third kappa shape index (κ3) is 5.29. The van der Waals surface area contributed by atoms with Crippen LogP contribution in [0.25, 0.3) is 100 Å². The normalized spacial score (nSPS) is 11.6. The van der Waals surface area contributed by atoms with Crippen molar-refractivity contribution in [2.75, 3.05) is 0 Å². The summed E-state index contributed by atoms with van der Waals surface area (Å²) in [7, 11) is 0. The van der Waals surface area contributed by atoms with Crippen LogP contribution in [0.4, 0.5) is 0 Å². The third-order valence-corrected chi connectivity index (χ3v) is 10.7. The molecule has 0 aliphatic heterocycles. The van der Waals surface area contributed by atoms with Gasteiger partial charge in [0.15, 0.2) is 17.5 Å². The Balaban J connectivity index is 1.12. The predicted molar refractivity (Wildman–Crippen MR) is 230 cm³/mol. The number of para-hydroxylation sites is 3. The van der Waals surface area contributed by atoms with Crippen molar-refractivity contribution >= 4 is 43.6 Å². The fraction of sp³-hybridized carbons (Fsp3) is 0. The molecule has 0 saturated carbocycles. The Morgan fingerprint density at radius 2 is 0.679 bits per heavy atom. The minimum absolute atomic E-state index is 0.619. The molecular formula is C51H33N5. The van der Waals surface area contributed by atoms with Crippen LogP contribution < -0.4 is 0 Å². The zero-order valence-electron chi connectivity index (χ0n) is 30.3. The molecular weight excluding hydrogens is 683 g/mol. The smallest absolute Gasteiger partial charge is 0.164 e. The summed E-state index contributed by atoms with van der Waals surface area (Å²) in [4.78, 5) is 15.3. The van der Waals surface area contributed by atoms with Crippen LogP contribution in [0.5, 0.6) is 0 Å². The van der Waals surface area contributed by atoms with E-state index in [9.17, 15) is 0 Å². The van der Waals surface area contributed by atoms with Crippen LogP contribution in [0.1, 0.15) is 0 Å². The van der Waals surface area contributed by atoms with Gasteiger partial charge >= 0.3 is 0 Å². The molecule has 0 unspecified atom stereocenters. The lowest BCUT2D eigenvalue weighted by atomic mass is 10.0. The molecule has 0 atom stereocenters. The van der Waals surface area contributed by atoms with Gasteiger partial charge in [-0.25, -0.2) is 15.0 Å². The van der Waals surface area contributed by atoms with E-state index in [1.54, 1.807) is 0 Å². The van der Waals surface area contributed by atoms with Gasteiger partial charge in [-0.2, -0.15) is 0 Å². The summed E-state index contributed by atoms with van der Waals surface area (Å²) in [6, 6.07) is 70.3. The van der Waals surface area contributed by atoms with Gasteiger partial charge < -0.3 is 9.13 Å². The van der Waals surface area contributed by atoms with Crippen LogP contribution in [0.15, 0.2) is 200 Å². The van der Waals surface area contributed by atoms with Crippen LogP contribution in [0.2, 0.25) is 0 Å². The van der Waals surface area contributed by atoms with E-state index in [0.29, 0.717) is 17.5 Å². The zero-order valence-corrected chi connectivity index (χ0v) is 30.3. The molecule has 0 aliphatic rings. The Morgan fingerprint density at radius 1 is 0.250 bits per heavy atom. The number of fused-ring (bicyclic) bond motifs is 6. The number of aromatic nitrogens is 5. The highest BCUT2D eigenvalue weighted by atomic mass is 15.0. The lowest BCUT2D eigenvalue weighted by molar-refractivity contribution is 1.07. The lowest BCUT2D eigenvalue weighted by Gasteiger charge is -2.12. The van der Waals surface area contributed by atoms with E-state index in [0.717, 1.165) is 55.7 Å². The lowest BCUT2D eigenvalue weighted by Crippen LogP contribution is -2.01. The molecule has 262 valence electrons. The van der Waals surface area contributed by atoms with Crippen molar-refractivity contribution in [2.45, 2.75) is 0 Å². The van der Waals surface area contributed by atoms with Crippen molar-refractivity contribution < 1.29 is 0 Å². The van der Waals surface area contributed by atoms with Gasteiger partial charge in [0.05, 0.1) is 22.1 Å². The Hall–Kier alpha value is -7.63. The number of rotatable bonds is 6. The first-order chi connectivity index (χ1) is 27.8. The molecule has 11 rings (SSSR count). The van der Waals surface area contributed by atoms with Crippen LogP contribution in [-0.2, 0) is 0 Å². The Morgan fingerprint density at radius 3 is 1.30 bits per heavy atom. The highest BCUT2D eigenvalue weighted by Crippen LogP contribution is 2.40. The van der Waals surface area contributed by atoms with Crippen LogP contribution in [0, 0.1) is 0 Å². The number of nitrogens with zero attached hydrogens (tertiary/aromatic N) is 5. The van der Waals surface area contributed by atoms with Gasteiger partial charge in [-0.05, 0) is 65.7 Å². The van der Waals surface area contributed by atoms with Gasteiger partial charge in [0.25, 0.3) is 0 Å². The molecule has 0 saturated heterocycles. The van der Waals surface area contributed by atoms with Crippen molar-refractivity contribution in [3.05, 3.63) is 200 Å². The molecule has 0 bridgehead atoms. The monoisotopic (exact) mass is 715 g/mol. The summed E-state index contributed by atoms with van der Waals surface area (Å²) in [5, 5.41) is 4.89. The quantitative estimate of drug-likeness (QED) is 0.172. The molecule has 0 aliphatic carbocycles. The standard InChI is InChI=1S/C51H33N5/c1-4-16-34(17-5-1)36-20-14-21-37(30-36)50-52-49(35-18-6-2-7-19-35)53-51(54-50)38-22-15-25-40(31-38)56-46-29-13-11-27-42(46)44-32-43-41-26-10-12-28-45(41)55(47(43)33-48(44)56)39-23-8-3-9-24-39/h1-33H. The fourth-order valence-electron chi connectivity index (χ4n) is 8.17. The SMILES string of the molecule is c1ccc(-c2cccc(-c3nc(-c4ccccc4)nc(-c4cccc(-n5c6ccccc6c6cc7c8ccccc8n(-c8ccccc8)c7cc65)c4)n3)c2)cc1. The highest BCUT2D eigenvalue weighted by Gasteiger charge is 2.19. The topological polar surface area (TPSA) is 48.5 Å². The van der Waals surface area contributed by atoms with Crippen molar-refractivity contribution in [3.8, 4) is 56.7 Å². The molecule has 56 heavy (non-hydrogen) atoms. The van der Waals surface area contributed by atoms with Gasteiger partial charge in [0.2, 0.25) is 0 Å². The molecule has 5 heteroatoms. The van der Waals surface area contributed by atoms with E-state index < -0.39 is 0 Å². The van der Waals surface area contributed by atoms with E-state index >= 15 is 0 Å². The molecule has 0 fully saturated rings. The molecule has 0 radical (unpaired) electrons. The molecule has 3 heterocycles. The first-order valence-corrected chi connectivity index (χ1v) is 18.9. The van der Waals surface area contributed by atoms with E-state index in [1.807, 2.05) is 36.4 Å². The second-order valence-corrected chi connectivity index (χ2v) is 14.1. The minimum atomic E-state index is 0.619. The maximum atomic E-state index is 5.16. The first kappa shape index (κ1) is 31.9. The molecule has 0 amide bonds. The number of hydrogen-bond donors (Lipinski definition) is 0. The Bertz CT molecular complexity index is 3240. The molecule has 8 aromatic carbocycles. The maximum Gasteiger partial charge on any atom is 0.164 e. The molecule has 3 aromatic heterocycles. The van der Waals surface area contributed by atoms with Crippen LogP contribution in [0.3, 0.4) is 0 Å². The van der Waals surface area contributed by atoms with E-state index in [1.165, 1.54) is 27.1 Å². The minimum Gasteiger partial charge on any atom is -0.309 e. The Labute approximate surface area is 323 Å². The number of hydrogen-bond acceptors (Lipinski definition) is 3. The molecule has 0 N–H and O–H groups in total. The summed E-state index contributed by atoms with van der Waals surface area (Å²) in [6.07, 6.45) is 0. The summed E-state index contributed by atoms with van der Waals surface area (Å²) in [5.74, 6) is 1.88. The highest BCUT2D eigenvalue weighted by molar-refractivity contribution is 6.19. The van der Waals surface area contributed by atoms with Crippen LogP contribution >= 0.6 is 0 Å². The summed E-state index contributed by atoms with van der Waals surface area (Å²) >= 11 is 0. The summed E-state index contributed by atoms with van der Waals surface area (Å²) in [6.45, 7) is 0. The first-order valence-electron chi connectivity index (χ1n) is 18.9. The van der Waals surface area contributed by atoms with Crippen LogP contribution in [-0.4, -0.2) is 24.1 Å². The van der Waals surface area contributed by atoms with E-state index in [4.69, 9.17) is 15.0 Å². The van der Waals surface area contributed by atoms with Gasteiger partial charge in [-0.15, -0.1) is 0 Å². The molecule has 5 nitrogen and oxygen atoms in total. The number of benzene rings is 8. The average Bonchev–Trinajstić information content (AvgIpc) is 3.78. The van der Waals surface area contributed by atoms with Gasteiger partial charge in [0, 0.05) is 49.6 Å². The van der Waals surface area contributed by atoms with Crippen molar-refractivity contribution in [1.29, 1.82) is 0 Å². The van der Waals surface area contributed by atoms with Crippen molar-refractivity contribution in [3.63, 3.8) is 0 Å². The summed E-state index contributed by atoms with van der Waals surface area (Å²) < 4.78 is 4.76. The predicted octanol–water partition coefficient (Wildman–Crippen LogP) is 12.7. The third-order valence-electron chi connectivity index (χ3n) is 10.7. The fourth-order valence-corrected chi connectivity index (χ4v) is 8.17. The van der Waals surface area contributed by atoms with Crippen molar-refractivity contribution in [2.24, 2.45) is 0 Å². The van der Waals surface area contributed by atoms with Crippen molar-refractivity contribution in [1.82, 2.24) is 24.1 Å². The molecule has 11 aromatic rings.